The van der Waals surface area contributed by atoms with E-state index in [1.807, 2.05) is 0 Å². The van der Waals surface area contributed by atoms with E-state index < -0.39 is 5.92 Å². The molecule has 2 aliphatic heterocycles. The Morgan fingerprint density at radius 3 is 1.80 bits per heavy atom. The minimum absolute atomic E-state index is 0. The van der Waals surface area contributed by atoms with E-state index in [0.29, 0.717) is 5.92 Å². The van der Waals surface area contributed by atoms with Gasteiger partial charge in [0.25, 0.3) is 5.92 Å². The molecule has 15 heavy (non-hydrogen) atoms. The van der Waals surface area contributed by atoms with Gasteiger partial charge in [0.15, 0.2) is 0 Å². The minimum atomic E-state index is -2.39. The molecule has 0 atom stereocenters. The lowest BCUT2D eigenvalue weighted by atomic mass is 10.0. The van der Waals surface area contributed by atoms with Crippen LogP contribution < -0.4 is 10.6 Å². The van der Waals surface area contributed by atoms with Crippen LogP contribution in [0.4, 0.5) is 8.78 Å². The average molecular weight is 240 g/mol. The van der Waals surface area contributed by atoms with Crippen LogP contribution in [0.15, 0.2) is 0 Å². The summed E-state index contributed by atoms with van der Waals surface area (Å²) in [4.78, 5) is 0. The van der Waals surface area contributed by atoms with Crippen molar-refractivity contribution in [1.82, 2.24) is 10.6 Å². The smallest absolute Gasteiger partial charge is 0.272 e. The van der Waals surface area contributed by atoms with Crippen molar-refractivity contribution in [1.29, 1.82) is 5.26 Å². The zero-order chi connectivity index (χ0) is 10.4. The van der Waals surface area contributed by atoms with Gasteiger partial charge in [0, 0.05) is 5.92 Å². The zero-order valence-electron chi connectivity index (χ0n) is 8.43. The second kappa shape index (κ2) is 6.94. The Morgan fingerprint density at radius 1 is 1.13 bits per heavy atom. The van der Waals surface area contributed by atoms with Gasteiger partial charge >= 0.3 is 0 Å². The maximum absolute atomic E-state index is 11.5. The second-order valence-corrected chi connectivity index (χ2v) is 3.61. The molecule has 0 amide bonds. The maximum atomic E-state index is 11.5. The molecule has 2 fully saturated rings. The molecule has 0 saturated carbocycles. The largest absolute Gasteiger partial charge is 0.317 e. The third-order valence-corrected chi connectivity index (χ3v) is 2.29. The molecule has 0 aliphatic carbocycles. The molecule has 2 saturated heterocycles. The number of nitriles is 1. The lowest BCUT2D eigenvalue weighted by Gasteiger charge is -2.25. The summed E-state index contributed by atoms with van der Waals surface area (Å²) < 4.78 is 23.0. The topological polar surface area (TPSA) is 47.9 Å². The van der Waals surface area contributed by atoms with Crippen LogP contribution in [0.1, 0.15) is 12.8 Å². The van der Waals surface area contributed by atoms with Crippen molar-refractivity contribution in [2.24, 2.45) is 5.92 Å². The first-order valence-corrected chi connectivity index (χ1v) is 4.83. The third-order valence-electron chi connectivity index (χ3n) is 2.29. The fourth-order valence-corrected chi connectivity index (χ4v) is 1.27. The molecule has 0 spiro atoms. The highest BCUT2D eigenvalue weighted by Gasteiger charge is 2.36. The first-order chi connectivity index (χ1) is 6.64. The Kier molecular flexibility index (Phi) is 6.73. The molecule has 0 radical (unpaired) electrons. The number of nitrogens with zero attached hydrogens (tertiary/aromatic N) is 1. The maximum Gasteiger partial charge on any atom is 0.272 e. The third kappa shape index (κ3) is 5.88. The molecule has 2 heterocycles. The number of nitrogens with one attached hydrogen (secondary N) is 2. The van der Waals surface area contributed by atoms with E-state index >= 15 is 0 Å². The van der Waals surface area contributed by atoms with Gasteiger partial charge in [-0.25, -0.2) is 8.78 Å². The van der Waals surface area contributed by atoms with Crippen molar-refractivity contribution < 1.29 is 8.78 Å². The molecule has 2 aliphatic rings. The van der Waals surface area contributed by atoms with Gasteiger partial charge in [0.1, 0.15) is 0 Å². The summed E-state index contributed by atoms with van der Waals surface area (Å²) in [7, 11) is 0. The van der Waals surface area contributed by atoms with Crippen LogP contribution in [0.2, 0.25) is 0 Å². The van der Waals surface area contributed by atoms with E-state index in [2.05, 4.69) is 16.7 Å². The van der Waals surface area contributed by atoms with Gasteiger partial charge in [-0.3, -0.25) is 0 Å². The summed E-state index contributed by atoms with van der Waals surface area (Å²) in [5.41, 5.74) is 0. The van der Waals surface area contributed by atoms with Crippen molar-refractivity contribution in [3.05, 3.63) is 0 Å². The van der Waals surface area contributed by atoms with Gasteiger partial charge in [-0.05, 0) is 25.9 Å². The molecule has 6 heteroatoms. The molecule has 0 aromatic carbocycles. The molecule has 3 nitrogen and oxygen atoms in total. The number of halogens is 3. The summed E-state index contributed by atoms with van der Waals surface area (Å²) in [5.74, 6) is -2.06. The van der Waals surface area contributed by atoms with Crippen molar-refractivity contribution >= 4 is 12.4 Å². The van der Waals surface area contributed by atoms with Gasteiger partial charge in [-0.15, -0.1) is 12.4 Å². The Balaban J connectivity index is 0.000000253. The van der Waals surface area contributed by atoms with Crippen molar-refractivity contribution in [2.45, 2.75) is 18.8 Å². The first-order valence-electron chi connectivity index (χ1n) is 4.83. The molecule has 0 unspecified atom stereocenters. The van der Waals surface area contributed by atoms with Crippen LogP contribution in [0.3, 0.4) is 0 Å². The second-order valence-electron chi connectivity index (χ2n) is 3.61. The van der Waals surface area contributed by atoms with E-state index in [0.717, 1.165) is 25.9 Å². The fourth-order valence-electron chi connectivity index (χ4n) is 1.27. The highest BCUT2D eigenvalue weighted by atomic mass is 35.5. The number of hydrogen-bond acceptors (Lipinski definition) is 3. The Bertz CT molecular complexity index is 206. The summed E-state index contributed by atoms with van der Waals surface area (Å²) in [6, 6.07) is 2.26. The van der Waals surface area contributed by atoms with Crippen molar-refractivity contribution in [3.8, 4) is 6.07 Å². The first kappa shape index (κ1) is 14.6. The molecule has 0 bridgehead atoms. The average Bonchev–Trinajstić information content (AvgIpc) is 2.18. The van der Waals surface area contributed by atoms with Crippen LogP contribution >= 0.6 is 12.4 Å². The van der Waals surface area contributed by atoms with Crippen molar-refractivity contribution in [3.63, 3.8) is 0 Å². The van der Waals surface area contributed by atoms with Gasteiger partial charge < -0.3 is 10.6 Å². The van der Waals surface area contributed by atoms with Crippen LogP contribution in [-0.4, -0.2) is 32.1 Å². The fraction of sp³-hybridized carbons (Fsp3) is 0.889. The van der Waals surface area contributed by atoms with E-state index in [9.17, 15) is 8.78 Å². The predicted molar refractivity (Wildman–Crippen MR) is 56.3 cm³/mol. The lowest BCUT2D eigenvalue weighted by molar-refractivity contribution is -0.0475. The van der Waals surface area contributed by atoms with E-state index in [1.165, 1.54) is 0 Å². The zero-order valence-corrected chi connectivity index (χ0v) is 9.25. The quantitative estimate of drug-likeness (QED) is 0.667. The number of hydrogen-bond donors (Lipinski definition) is 2. The van der Waals surface area contributed by atoms with E-state index in [4.69, 9.17) is 5.26 Å². The molecular weight excluding hydrogens is 224 g/mol. The normalized spacial score (nSPS) is 23.5. The van der Waals surface area contributed by atoms with E-state index in [-0.39, 0.29) is 25.5 Å². The minimum Gasteiger partial charge on any atom is -0.317 e. The summed E-state index contributed by atoms with van der Waals surface area (Å²) in [6.07, 6.45) is 2.08. The van der Waals surface area contributed by atoms with Crippen LogP contribution in [0.5, 0.6) is 0 Å². The summed E-state index contributed by atoms with van der Waals surface area (Å²) >= 11 is 0. The summed E-state index contributed by atoms with van der Waals surface area (Å²) in [5, 5.41) is 14.1. The highest BCUT2D eigenvalue weighted by molar-refractivity contribution is 5.85. The van der Waals surface area contributed by atoms with Gasteiger partial charge in [0.05, 0.1) is 19.2 Å². The summed E-state index contributed by atoms with van der Waals surface area (Å²) in [6.45, 7) is 1.79. The van der Waals surface area contributed by atoms with Gasteiger partial charge in [-0.1, -0.05) is 0 Å². The van der Waals surface area contributed by atoms with Crippen LogP contribution in [0.25, 0.3) is 0 Å². The molecule has 0 aromatic rings. The predicted octanol–water partition coefficient (Wildman–Crippen LogP) is 1.16. The molecule has 0 aromatic heterocycles. The van der Waals surface area contributed by atoms with Crippen LogP contribution in [-0.2, 0) is 0 Å². The Hall–Kier alpha value is -0.440. The standard InChI is InChI=1S/C6H10N2.C3H5F2N.ClH/c7-5-6-1-3-8-4-2-6;4-3(5)1-6-2-3;/h6,8H,1-4H2;6H,1-2H2;1H. The molecule has 88 valence electrons. The number of rotatable bonds is 0. The Morgan fingerprint density at radius 2 is 1.60 bits per heavy atom. The number of piperidine rings is 1. The Labute approximate surface area is 94.6 Å². The number of alkyl halides is 2. The highest BCUT2D eigenvalue weighted by Crippen LogP contribution is 2.16. The monoisotopic (exact) mass is 239 g/mol. The molecule has 2 rings (SSSR count). The SMILES string of the molecule is Cl.FC1(F)CNC1.N#CC1CCNCC1. The molecule has 2 N–H and O–H groups in total. The van der Waals surface area contributed by atoms with Gasteiger partial charge in [0.2, 0.25) is 0 Å². The lowest BCUT2D eigenvalue weighted by Crippen LogP contribution is -2.52. The van der Waals surface area contributed by atoms with E-state index in [1.54, 1.807) is 0 Å². The van der Waals surface area contributed by atoms with Crippen molar-refractivity contribution in [2.75, 3.05) is 26.2 Å². The van der Waals surface area contributed by atoms with Crippen LogP contribution in [0, 0.1) is 17.2 Å². The van der Waals surface area contributed by atoms with Gasteiger partial charge in [-0.2, -0.15) is 5.26 Å². The molecular formula is C9H16ClF2N3.